The first-order valence-corrected chi connectivity index (χ1v) is 28.2. The Hall–Kier alpha value is -9.30. The third-order valence-electron chi connectivity index (χ3n) is 14.0. The second-order valence-electron chi connectivity index (χ2n) is 21.6. The van der Waals surface area contributed by atoms with E-state index in [-0.39, 0.29) is 101 Å². The van der Waals surface area contributed by atoms with Gasteiger partial charge in [-0.3, -0.25) is 57.9 Å². The van der Waals surface area contributed by atoms with Crippen molar-refractivity contribution in [1.82, 2.24) is 42.1 Å². The molecule has 85 heavy (non-hydrogen) atoms. The number of likely N-dealkylation sites (tertiary alicyclic amines) is 1. The third-order valence-corrected chi connectivity index (χ3v) is 14.0. The first-order chi connectivity index (χ1) is 40.2. The van der Waals surface area contributed by atoms with Crippen LogP contribution in [-0.2, 0) is 67.2 Å². The number of benzene rings is 3. The van der Waals surface area contributed by atoms with E-state index in [1.165, 1.54) is 11.8 Å². The molecule has 4 rings (SSSR count). The molecule has 0 spiro atoms. The Labute approximate surface area is 494 Å². The number of nitrogens with zero attached hydrogens (tertiary/aromatic N) is 3. The summed E-state index contributed by atoms with van der Waals surface area (Å²) >= 11 is 0. The highest BCUT2D eigenvalue weighted by atomic mass is 16.3. The summed E-state index contributed by atoms with van der Waals surface area (Å²) in [5.41, 5.74) is 36.2. The SMILES string of the molecule is CC(=O)N[C@@H](Cc1c(C)cc(O)cc1C)C(=O)N[C@@H](Cc1ccccc1)C(=O)N[C@@H](CC(C)C)C(=O)N[C@@H](Cc1ccccc1)C(=O)N[C@@H](CCCN=C(N)N)C(=O)N1CCC[C@H]1C(=O)N[C@@H](CCCN=C(N)N)C(=O)N[C@@H](CC(N)=O)C(N)=O. The molecule has 3 aromatic carbocycles. The van der Waals surface area contributed by atoms with Crippen molar-refractivity contribution in [2.24, 2.45) is 50.3 Å². The van der Waals surface area contributed by atoms with Gasteiger partial charge in [0.1, 0.15) is 54.1 Å². The highest BCUT2D eigenvalue weighted by molar-refractivity contribution is 5.99. The number of rotatable bonds is 33. The summed E-state index contributed by atoms with van der Waals surface area (Å²) in [7, 11) is 0. The number of phenols is 1. The lowest BCUT2D eigenvalue weighted by atomic mass is 9.95. The van der Waals surface area contributed by atoms with E-state index in [4.69, 9.17) is 34.4 Å². The third kappa shape index (κ3) is 23.1. The molecule has 1 heterocycles. The van der Waals surface area contributed by atoms with E-state index in [9.17, 15) is 53.1 Å². The fraction of sp³-hybridized carbons (Fsp3) is 0.483. The molecule has 0 aliphatic carbocycles. The largest absolute Gasteiger partial charge is 0.508 e. The highest BCUT2D eigenvalue weighted by Crippen LogP contribution is 2.24. The van der Waals surface area contributed by atoms with Crippen LogP contribution in [0.5, 0.6) is 5.75 Å². The zero-order valence-corrected chi connectivity index (χ0v) is 48.9. The maximum absolute atomic E-state index is 14.8. The van der Waals surface area contributed by atoms with Gasteiger partial charge in [0.2, 0.25) is 59.1 Å². The van der Waals surface area contributed by atoms with Crippen LogP contribution in [0.1, 0.15) is 100.0 Å². The number of nitrogens with two attached hydrogens (primary N) is 6. The second-order valence-corrected chi connectivity index (χ2v) is 21.6. The molecule has 0 saturated carbocycles. The molecule has 3 aromatic rings. The van der Waals surface area contributed by atoms with Crippen molar-refractivity contribution in [3.05, 3.63) is 101 Å². The number of nitrogens with one attached hydrogen (secondary N) is 7. The maximum Gasteiger partial charge on any atom is 0.245 e. The van der Waals surface area contributed by atoms with Gasteiger partial charge in [0.05, 0.1) is 6.42 Å². The Morgan fingerprint density at radius 2 is 1.01 bits per heavy atom. The van der Waals surface area contributed by atoms with Crippen molar-refractivity contribution in [1.29, 1.82) is 0 Å². The van der Waals surface area contributed by atoms with E-state index in [1.54, 1.807) is 86.6 Å². The number of carbonyl (C=O) groups excluding carboxylic acids is 10. The standard InChI is InChI=1S/C58H84N16O11/c1-32(2)25-43(71-53(82)45(29-37-17-10-7-11-18-37)73-54(83)46(67-35(5)75)30-39-33(3)26-38(76)27-34(39)4)51(80)72-44(28-36-15-8-6-9-16-36)52(81)69-41(20-13-23-66-58(63)64)56(85)74-24-14-21-47(74)55(84)68-40(19-12-22-65-57(61)62)50(79)70-42(49(60)78)31-48(59)77/h6-11,15-18,26-27,32,40-47,76H,12-14,19-25,28-31H2,1-5H3,(H2,59,77)(H2,60,78)(H,67,75)(H,68,84)(H,69,81)(H,70,79)(H,71,82)(H,72,80)(H,73,83)(H4,61,62,65)(H4,63,64,66)/t40-,41-,42-,43-,44-,45-,46-,47-/m0/s1. The second kappa shape index (κ2) is 33.7. The van der Waals surface area contributed by atoms with E-state index in [2.05, 4.69) is 47.2 Å². The molecule has 10 amide bonds. The lowest BCUT2D eigenvalue weighted by Gasteiger charge is -2.31. The van der Waals surface area contributed by atoms with E-state index in [1.807, 2.05) is 13.8 Å². The average molecular weight is 1180 g/mol. The van der Waals surface area contributed by atoms with Crippen molar-refractivity contribution in [2.75, 3.05) is 19.6 Å². The van der Waals surface area contributed by atoms with Crippen LogP contribution in [0.4, 0.5) is 0 Å². The topological polar surface area (TPSA) is 459 Å². The number of aliphatic imine (C=N–C) groups is 2. The number of hydrogen-bond acceptors (Lipinski definition) is 13. The number of hydrogen-bond donors (Lipinski definition) is 14. The van der Waals surface area contributed by atoms with Gasteiger partial charge in [-0.05, 0) is 105 Å². The molecular formula is C58H84N16O11. The fourth-order valence-electron chi connectivity index (χ4n) is 9.86. The lowest BCUT2D eigenvalue weighted by Crippen LogP contribution is -2.61. The molecule has 1 aliphatic rings. The average Bonchev–Trinajstić information content (AvgIpc) is 3.67. The minimum absolute atomic E-state index is 0.0238. The van der Waals surface area contributed by atoms with Gasteiger partial charge >= 0.3 is 0 Å². The number of amides is 10. The van der Waals surface area contributed by atoms with Gasteiger partial charge < -0.3 is 81.6 Å². The first-order valence-electron chi connectivity index (χ1n) is 28.2. The predicted molar refractivity (Wildman–Crippen MR) is 318 cm³/mol. The van der Waals surface area contributed by atoms with Gasteiger partial charge in [0.15, 0.2) is 11.9 Å². The number of primary amides is 2. The van der Waals surface area contributed by atoms with Gasteiger partial charge in [-0.2, -0.15) is 0 Å². The molecule has 27 heteroatoms. The molecule has 1 fully saturated rings. The molecule has 0 unspecified atom stereocenters. The molecule has 0 radical (unpaired) electrons. The zero-order chi connectivity index (χ0) is 62.9. The first kappa shape index (κ1) is 68.2. The minimum Gasteiger partial charge on any atom is -0.508 e. The number of aryl methyl sites for hydroxylation is 2. The minimum atomic E-state index is -1.50. The van der Waals surface area contributed by atoms with Crippen LogP contribution in [0.2, 0.25) is 0 Å². The Balaban J connectivity index is 1.66. The molecular weight excluding hydrogens is 1100 g/mol. The van der Waals surface area contributed by atoms with E-state index >= 15 is 0 Å². The molecule has 27 nitrogen and oxygen atoms in total. The number of phenolic OH excluding ortho intramolecular Hbond substituents is 1. The highest BCUT2D eigenvalue weighted by Gasteiger charge is 2.40. The Morgan fingerprint density at radius 3 is 1.47 bits per heavy atom. The van der Waals surface area contributed by atoms with Gasteiger partial charge in [0.25, 0.3) is 0 Å². The summed E-state index contributed by atoms with van der Waals surface area (Å²) in [5.74, 6) is -8.42. The Morgan fingerprint density at radius 1 is 0.576 bits per heavy atom. The van der Waals surface area contributed by atoms with E-state index < -0.39 is 114 Å². The summed E-state index contributed by atoms with van der Waals surface area (Å²) in [5, 5.41) is 29.2. The monoisotopic (exact) mass is 1180 g/mol. The molecule has 1 aliphatic heterocycles. The zero-order valence-electron chi connectivity index (χ0n) is 48.9. The summed E-state index contributed by atoms with van der Waals surface area (Å²) in [6.45, 7) is 8.60. The summed E-state index contributed by atoms with van der Waals surface area (Å²) in [4.78, 5) is 147. The number of aromatic hydroxyl groups is 1. The Kier molecular flexibility index (Phi) is 27.1. The van der Waals surface area contributed by atoms with Gasteiger partial charge in [-0.1, -0.05) is 74.5 Å². The van der Waals surface area contributed by atoms with Crippen molar-refractivity contribution >= 4 is 71.0 Å². The van der Waals surface area contributed by atoms with Crippen LogP contribution in [-0.4, -0.2) is 149 Å². The smallest absolute Gasteiger partial charge is 0.245 e. The van der Waals surface area contributed by atoms with E-state index in [0.29, 0.717) is 34.2 Å². The van der Waals surface area contributed by atoms with Gasteiger partial charge in [0, 0.05) is 45.8 Å². The molecule has 8 atom stereocenters. The van der Waals surface area contributed by atoms with Gasteiger partial charge in [-0.15, -0.1) is 0 Å². The molecule has 0 aromatic heterocycles. The van der Waals surface area contributed by atoms with Crippen LogP contribution >= 0.6 is 0 Å². The number of guanidine groups is 2. The van der Waals surface area contributed by atoms with Gasteiger partial charge in [-0.25, -0.2) is 0 Å². The molecule has 20 N–H and O–H groups in total. The van der Waals surface area contributed by atoms with Crippen LogP contribution in [0.15, 0.2) is 82.8 Å². The van der Waals surface area contributed by atoms with Crippen LogP contribution in [0.3, 0.4) is 0 Å². The van der Waals surface area contributed by atoms with Crippen molar-refractivity contribution in [2.45, 2.75) is 154 Å². The molecule has 0 bridgehead atoms. The molecule has 462 valence electrons. The van der Waals surface area contributed by atoms with Crippen molar-refractivity contribution < 1.29 is 53.1 Å². The van der Waals surface area contributed by atoms with Crippen LogP contribution in [0.25, 0.3) is 0 Å². The summed E-state index contributed by atoms with van der Waals surface area (Å²) in [6.07, 6.45) is 0.0281. The Bertz CT molecular complexity index is 2860. The van der Waals surface area contributed by atoms with Crippen LogP contribution in [0, 0.1) is 19.8 Å². The fourth-order valence-corrected chi connectivity index (χ4v) is 9.86. The normalized spacial score (nSPS) is 15.2. The van der Waals surface area contributed by atoms with E-state index in [0.717, 1.165) is 0 Å². The summed E-state index contributed by atoms with van der Waals surface area (Å²) in [6, 6.07) is 10.2. The van der Waals surface area contributed by atoms with Crippen molar-refractivity contribution in [3.8, 4) is 5.75 Å². The maximum atomic E-state index is 14.8. The van der Waals surface area contributed by atoms with Crippen molar-refractivity contribution in [3.63, 3.8) is 0 Å². The lowest BCUT2D eigenvalue weighted by molar-refractivity contribution is -0.142. The molecule has 1 saturated heterocycles. The number of carbonyl (C=O) groups is 10. The predicted octanol–water partition coefficient (Wildman–Crippen LogP) is -2.04. The quantitative estimate of drug-likeness (QED) is 0.0177. The van der Waals surface area contributed by atoms with Crippen LogP contribution < -0.4 is 71.6 Å². The summed E-state index contributed by atoms with van der Waals surface area (Å²) < 4.78 is 0.